The van der Waals surface area contributed by atoms with Crippen LogP contribution < -0.4 is 9.64 Å². The van der Waals surface area contributed by atoms with Crippen molar-refractivity contribution in [3.05, 3.63) is 23.8 Å². The second-order valence-corrected chi connectivity index (χ2v) is 9.13. The molecule has 0 aromatic heterocycles. The number of benzene rings is 1. The zero-order chi connectivity index (χ0) is 21.9. The van der Waals surface area contributed by atoms with Gasteiger partial charge in [0.05, 0.1) is 13.0 Å². The standard InChI is InChI=1S/C22H35N3O4/c1-15-13-24(7)20(26)12-16-11-17(23(5)6)9-10-18(16)28-19(15)14-25(8)21(27)29-22(2,3)4/h9-11,15,19H,12-14H2,1-8H3/t15-,19-/m0/s1. The van der Waals surface area contributed by atoms with E-state index in [-0.39, 0.29) is 30.4 Å². The molecule has 1 aliphatic rings. The lowest BCUT2D eigenvalue weighted by Gasteiger charge is -2.32. The summed E-state index contributed by atoms with van der Waals surface area (Å²) < 4.78 is 11.8. The highest BCUT2D eigenvalue weighted by molar-refractivity contribution is 5.80. The van der Waals surface area contributed by atoms with E-state index in [2.05, 4.69) is 0 Å². The molecule has 0 saturated heterocycles. The van der Waals surface area contributed by atoms with Gasteiger partial charge in [-0.1, -0.05) is 6.92 Å². The summed E-state index contributed by atoms with van der Waals surface area (Å²) in [6, 6.07) is 5.88. The van der Waals surface area contributed by atoms with E-state index in [9.17, 15) is 9.59 Å². The molecule has 0 bridgehead atoms. The Bertz CT molecular complexity index is 742. The first-order valence-electron chi connectivity index (χ1n) is 10.0. The summed E-state index contributed by atoms with van der Waals surface area (Å²) in [7, 11) is 7.45. The average Bonchev–Trinajstić information content (AvgIpc) is 2.63. The van der Waals surface area contributed by atoms with E-state index in [0.717, 1.165) is 11.3 Å². The minimum absolute atomic E-state index is 0.0355. The van der Waals surface area contributed by atoms with Gasteiger partial charge in [0.25, 0.3) is 0 Å². The number of fused-ring (bicyclic) bond motifs is 1. The maximum atomic E-state index is 12.7. The first kappa shape index (κ1) is 22.8. The lowest BCUT2D eigenvalue weighted by molar-refractivity contribution is -0.129. The number of anilines is 1. The molecule has 0 unspecified atom stereocenters. The molecule has 0 N–H and O–H groups in total. The van der Waals surface area contributed by atoms with Crippen molar-refractivity contribution in [3.8, 4) is 5.75 Å². The molecule has 7 heteroatoms. The molecule has 2 rings (SSSR count). The third-order valence-corrected chi connectivity index (χ3v) is 4.96. The van der Waals surface area contributed by atoms with E-state index in [1.54, 1.807) is 16.8 Å². The van der Waals surface area contributed by atoms with Crippen molar-refractivity contribution in [2.45, 2.75) is 45.8 Å². The quantitative estimate of drug-likeness (QED) is 0.774. The Morgan fingerprint density at radius 2 is 1.93 bits per heavy atom. The highest BCUT2D eigenvalue weighted by Crippen LogP contribution is 2.29. The van der Waals surface area contributed by atoms with Crippen LogP contribution >= 0.6 is 0 Å². The van der Waals surface area contributed by atoms with Crippen molar-refractivity contribution in [2.75, 3.05) is 46.2 Å². The van der Waals surface area contributed by atoms with E-state index in [1.165, 1.54) is 0 Å². The van der Waals surface area contributed by atoms with Crippen LogP contribution in [0, 0.1) is 5.92 Å². The first-order chi connectivity index (χ1) is 13.4. The van der Waals surface area contributed by atoms with Gasteiger partial charge in [-0.05, 0) is 39.0 Å². The van der Waals surface area contributed by atoms with Crippen LogP contribution in [0.4, 0.5) is 10.5 Å². The average molecular weight is 406 g/mol. The summed E-state index contributed by atoms with van der Waals surface area (Å²) in [5.41, 5.74) is 1.31. The second-order valence-electron chi connectivity index (χ2n) is 9.13. The molecule has 1 aromatic rings. The van der Waals surface area contributed by atoms with Crippen LogP contribution in [-0.4, -0.2) is 74.8 Å². The fourth-order valence-electron chi connectivity index (χ4n) is 3.23. The normalized spacial score (nSPS) is 20.0. The van der Waals surface area contributed by atoms with Crippen LogP contribution in [0.2, 0.25) is 0 Å². The van der Waals surface area contributed by atoms with Gasteiger partial charge >= 0.3 is 6.09 Å². The molecule has 0 saturated carbocycles. The number of carbonyl (C=O) groups excluding carboxylic acids is 2. The SMILES string of the molecule is C[C@H]1CN(C)C(=O)Cc2cc(N(C)C)ccc2O[C@H]1CN(C)C(=O)OC(C)(C)C. The van der Waals surface area contributed by atoms with Gasteiger partial charge in [-0.3, -0.25) is 4.79 Å². The molecule has 1 aliphatic heterocycles. The number of rotatable bonds is 3. The maximum absolute atomic E-state index is 12.7. The molecular weight excluding hydrogens is 370 g/mol. The minimum Gasteiger partial charge on any atom is -0.488 e. The van der Waals surface area contributed by atoms with Crippen molar-refractivity contribution < 1.29 is 19.1 Å². The highest BCUT2D eigenvalue weighted by atomic mass is 16.6. The van der Waals surface area contributed by atoms with Gasteiger partial charge in [0.1, 0.15) is 17.5 Å². The van der Waals surface area contributed by atoms with Crippen molar-refractivity contribution in [1.29, 1.82) is 0 Å². The third kappa shape index (κ3) is 6.27. The van der Waals surface area contributed by atoms with Gasteiger partial charge in [0.15, 0.2) is 0 Å². The fourth-order valence-corrected chi connectivity index (χ4v) is 3.23. The number of hydrogen-bond acceptors (Lipinski definition) is 5. The zero-order valence-electron chi connectivity index (χ0n) is 19.0. The van der Waals surface area contributed by atoms with E-state index in [4.69, 9.17) is 9.47 Å². The minimum atomic E-state index is -0.557. The highest BCUT2D eigenvalue weighted by Gasteiger charge is 2.30. The van der Waals surface area contributed by atoms with Crippen LogP contribution in [0.1, 0.15) is 33.3 Å². The molecule has 162 valence electrons. The lowest BCUT2D eigenvalue weighted by Crippen LogP contribution is -2.45. The lowest BCUT2D eigenvalue weighted by atomic mass is 10.0. The van der Waals surface area contributed by atoms with Gasteiger partial charge in [-0.2, -0.15) is 0 Å². The first-order valence-corrected chi connectivity index (χ1v) is 10.0. The van der Waals surface area contributed by atoms with E-state index in [0.29, 0.717) is 18.8 Å². The van der Waals surface area contributed by atoms with Crippen LogP contribution in [0.15, 0.2) is 18.2 Å². The van der Waals surface area contributed by atoms with E-state index >= 15 is 0 Å². The molecule has 0 fully saturated rings. The Balaban J connectivity index is 2.30. The number of ether oxygens (including phenoxy) is 2. The molecule has 0 aliphatic carbocycles. The van der Waals surface area contributed by atoms with Gasteiger partial charge in [0.2, 0.25) is 5.91 Å². The van der Waals surface area contributed by atoms with Gasteiger partial charge in [-0.15, -0.1) is 0 Å². The molecule has 29 heavy (non-hydrogen) atoms. The molecule has 0 radical (unpaired) electrons. The molecule has 2 atom stereocenters. The van der Waals surface area contributed by atoms with E-state index < -0.39 is 5.60 Å². The summed E-state index contributed by atoms with van der Waals surface area (Å²) in [6.45, 7) is 8.49. The van der Waals surface area contributed by atoms with Crippen molar-refractivity contribution in [3.63, 3.8) is 0 Å². The van der Waals surface area contributed by atoms with Crippen molar-refractivity contribution in [1.82, 2.24) is 9.80 Å². The maximum Gasteiger partial charge on any atom is 0.410 e. The third-order valence-electron chi connectivity index (χ3n) is 4.96. The Morgan fingerprint density at radius 1 is 1.28 bits per heavy atom. The smallest absolute Gasteiger partial charge is 0.410 e. The number of nitrogens with zero attached hydrogens (tertiary/aromatic N) is 3. The van der Waals surface area contributed by atoms with Crippen LogP contribution in [-0.2, 0) is 16.0 Å². The van der Waals surface area contributed by atoms with Gasteiger partial charge < -0.3 is 24.2 Å². The molecule has 1 heterocycles. The van der Waals surface area contributed by atoms with Crippen LogP contribution in [0.25, 0.3) is 0 Å². The second kappa shape index (κ2) is 8.93. The molecule has 2 amide bonds. The van der Waals surface area contributed by atoms with Crippen molar-refractivity contribution in [2.24, 2.45) is 5.92 Å². The summed E-state index contributed by atoms with van der Waals surface area (Å²) in [4.78, 5) is 30.4. The van der Waals surface area contributed by atoms with Crippen molar-refractivity contribution >= 4 is 17.7 Å². The van der Waals surface area contributed by atoms with Crippen LogP contribution in [0.3, 0.4) is 0 Å². The summed E-state index contributed by atoms with van der Waals surface area (Å²) in [5.74, 6) is 0.778. The number of amides is 2. The Hall–Kier alpha value is -2.44. The monoisotopic (exact) mass is 405 g/mol. The molecular formula is C22H35N3O4. The number of likely N-dealkylation sites (N-methyl/N-ethyl adjacent to an activating group) is 2. The largest absolute Gasteiger partial charge is 0.488 e. The molecule has 0 spiro atoms. The van der Waals surface area contributed by atoms with Crippen LogP contribution in [0.5, 0.6) is 5.75 Å². The summed E-state index contributed by atoms with van der Waals surface area (Å²) in [6.07, 6.45) is -0.375. The van der Waals surface area contributed by atoms with Gasteiger partial charge in [0, 0.05) is 51.9 Å². The topological polar surface area (TPSA) is 62.3 Å². The number of hydrogen-bond donors (Lipinski definition) is 0. The zero-order valence-corrected chi connectivity index (χ0v) is 19.0. The Labute approximate surface area is 174 Å². The molecule has 1 aromatic carbocycles. The summed E-state index contributed by atoms with van der Waals surface area (Å²) in [5, 5.41) is 0. The predicted molar refractivity (Wildman–Crippen MR) is 115 cm³/mol. The predicted octanol–water partition coefficient (Wildman–Crippen LogP) is 3.02. The molecule has 7 nitrogen and oxygen atoms in total. The van der Waals surface area contributed by atoms with Gasteiger partial charge in [-0.25, -0.2) is 4.79 Å². The van der Waals surface area contributed by atoms with E-state index in [1.807, 2.05) is 71.9 Å². The number of carbonyl (C=O) groups is 2. The fraction of sp³-hybridized carbons (Fsp3) is 0.636. The Kier molecular flexibility index (Phi) is 7.03. The summed E-state index contributed by atoms with van der Waals surface area (Å²) >= 11 is 0. The Morgan fingerprint density at radius 3 is 2.52 bits per heavy atom.